The number of aromatic nitrogens is 1. The normalized spacial score (nSPS) is 11.2. The molecule has 2 aromatic rings. The molecule has 0 unspecified atom stereocenters. The van der Waals surface area contributed by atoms with Crippen LogP contribution in [0.15, 0.2) is 41.3 Å². The van der Waals surface area contributed by atoms with Gasteiger partial charge in [-0.15, -0.1) is 0 Å². The van der Waals surface area contributed by atoms with E-state index < -0.39 is 11.7 Å². The molecule has 2 rings (SSSR count). The minimum atomic E-state index is -4.48. The first-order valence-corrected chi connectivity index (χ1v) is 6.05. The number of nitrogens with one attached hydrogen (secondary N) is 2. The van der Waals surface area contributed by atoms with Gasteiger partial charge in [0.1, 0.15) is 12.1 Å². The second-order valence-electron chi connectivity index (χ2n) is 4.09. The lowest BCUT2D eigenvalue weighted by Gasteiger charge is -2.13. The van der Waals surface area contributed by atoms with Gasteiger partial charge in [0, 0.05) is 19.3 Å². The van der Waals surface area contributed by atoms with Crippen molar-refractivity contribution in [1.82, 2.24) is 10.3 Å². The van der Waals surface area contributed by atoms with Crippen molar-refractivity contribution in [3.8, 4) is 0 Å². The van der Waals surface area contributed by atoms with Crippen molar-refractivity contribution < 1.29 is 22.4 Å². The van der Waals surface area contributed by atoms with Gasteiger partial charge < -0.3 is 15.1 Å². The molecule has 2 heterocycles. The van der Waals surface area contributed by atoms with Crippen LogP contribution in [0.3, 0.4) is 0 Å². The maximum atomic E-state index is 12.7. The molecule has 21 heavy (non-hydrogen) atoms. The van der Waals surface area contributed by atoms with Crippen LogP contribution >= 0.6 is 0 Å². The standard InChI is InChI=1S/C13H12F3N3O2/c14-13(15,16)10-2-1-4-17-11(10)18-5-6-19-12(20)9-3-7-21-8-9/h1-4,7-8H,5-6H2,(H,17,18)(H,19,20). The Morgan fingerprint density at radius 2 is 2.10 bits per heavy atom. The summed E-state index contributed by atoms with van der Waals surface area (Å²) < 4.78 is 42.9. The van der Waals surface area contributed by atoms with E-state index in [1.54, 1.807) is 0 Å². The van der Waals surface area contributed by atoms with Gasteiger partial charge in [-0.2, -0.15) is 13.2 Å². The van der Waals surface area contributed by atoms with Crippen LogP contribution in [0.1, 0.15) is 15.9 Å². The molecule has 0 aromatic carbocycles. The Hall–Kier alpha value is -2.51. The van der Waals surface area contributed by atoms with Crippen LogP contribution in [0.2, 0.25) is 0 Å². The summed E-state index contributed by atoms with van der Waals surface area (Å²) in [6.45, 7) is 0.265. The zero-order valence-corrected chi connectivity index (χ0v) is 10.8. The third kappa shape index (κ3) is 3.98. The van der Waals surface area contributed by atoms with Gasteiger partial charge in [-0.25, -0.2) is 4.98 Å². The molecule has 0 saturated carbocycles. The van der Waals surface area contributed by atoms with E-state index in [1.165, 1.54) is 30.9 Å². The highest BCUT2D eigenvalue weighted by Gasteiger charge is 2.33. The zero-order valence-electron chi connectivity index (χ0n) is 10.8. The lowest BCUT2D eigenvalue weighted by molar-refractivity contribution is -0.137. The van der Waals surface area contributed by atoms with Gasteiger partial charge in [-0.05, 0) is 18.2 Å². The molecular formula is C13H12F3N3O2. The fraction of sp³-hybridized carbons (Fsp3) is 0.231. The molecule has 2 aromatic heterocycles. The van der Waals surface area contributed by atoms with Gasteiger partial charge in [-0.1, -0.05) is 0 Å². The minimum Gasteiger partial charge on any atom is -0.472 e. The second kappa shape index (κ2) is 6.29. The average Bonchev–Trinajstić information content (AvgIpc) is 2.97. The topological polar surface area (TPSA) is 67.2 Å². The SMILES string of the molecule is O=C(NCCNc1ncccc1C(F)(F)F)c1ccoc1. The molecule has 0 spiro atoms. The summed E-state index contributed by atoms with van der Waals surface area (Å²) >= 11 is 0. The maximum absolute atomic E-state index is 12.7. The molecule has 112 valence electrons. The number of halogens is 3. The van der Waals surface area contributed by atoms with Crippen LogP contribution in [0, 0.1) is 0 Å². The predicted molar refractivity (Wildman–Crippen MR) is 68.8 cm³/mol. The van der Waals surface area contributed by atoms with Gasteiger partial charge in [-0.3, -0.25) is 4.79 Å². The summed E-state index contributed by atoms with van der Waals surface area (Å²) in [6, 6.07) is 3.65. The number of furan rings is 1. The smallest absolute Gasteiger partial charge is 0.419 e. The number of alkyl halides is 3. The molecule has 8 heteroatoms. The molecule has 0 saturated heterocycles. The molecule has 0 aliphatic carbocycles. The summed E-state index contributed by atoms with van der Waals surface area (Å²) in [5, 5.41) is 5.09. The predicted octanol–water partition coefficient (Wildman–Crippen LogP) is 2.54. The Morgan fingerprint density at radius 3 is 2.76 bits per heavy atom. The van der Waals surface area contributed by atoms with Crippen molar-refractivity contribution in [3.05, 3.63) is 48.0 Å². The third-order valence-corrected chi connectivity index (χ3v) is 2.60. The van der Waals surface area contributed by atoms with Crippen molar-refractivity contribution in [2.45, 2.75) is 6.18 Å². The number of hydrogen-bond donors (Lipinski definition) is 2. The van der Waals surface area contributed by atoms with E-state index in [-0.39, 0.29) is 24.8 Å². The fourth-order valence-electron chi connectivity index (χ4n) is 1.63. The van der Waals surface area contributed by atoms with E-state index in [0.29, 0.717) is 5.56 Å². The molecule has 0 bridgehead atoms. The van der Waals surface area contributed by atoms with Gasteiger partial charge in [0.05, 0.1) is 17.4 Å². The summed E-state index contributed by atoms with van der Waals surface area (Å²) in [7, 11) is 0. The number of rotatable bonds is 5. The van der Waals surface area contributed by atoms with Crippen LogP contribution in [-0.2, 0) is 6.18 Å². The molecule has 0 aliphatic rings. The first-order chi connectivity index (χ1) is 9.98. The second-order valence-corrected chi connectivity index (χ2v) is 4.09. The van der Waals surface area contributed by atoms with Crippen molar-refractivity contribution in [2.75, 3.05) is 18.4 Å². The summed E-state index contributed by atoms with van der Waals surface area (Å²) in [6.07, 6.45) is -0.571. The van der Waals surface area contributed by atoms with Crippen LogP contribution in [-0.4, -0.2) is 24.0 Å². The highest BCUT2D eigenvalue weighted by molar-refractivity contribution is 5.93. The average molecular weight is 299 g/mol. The highest BCUT2D eigenvalue weighted by Crippen LogP contribution is 2.33. The summed E-state index contributed by atoms with van der Waals surface area (Å²) in [4.78, 5) is 15.2. The minimum absolute atomic E-state index is 0.115. The van der Waals surface area contributed by atoms with Gasteiger partial charge in [0.15, 0.2) is 0 Å². The van der Waals surface area contributed by atoms with Crippen molar-refractivity contribution in [2.24, 2.45) is 0 Å². The Labute approximate surface area is 118 Å². The lowest BCUT2D eigenvalue weighted by atomic mass is 10.2. The molecule has 1 amide bonds. The van der Waals surface area contributed by atoms with Crippen molar-refractivity contribution >= 4 is 11.7 Å². The molecule has 5 nitrogen and oxygen atoms in total. The number of pyridine rings is 1. The summed E-state index contributed by atoms with van der Waals surface area (Å²) in [5.41, 5.74) is -0.491. The van der Waals surface area contributed by atoms with Crippen LogP contribution in [0.25, 0.3) is 0 Å². The number of hydrogen-bond acceptors (Lipinski definition) is 4. The third-order valence-electron chi connectivity index (χ3n) is 2.60. The quantitative estimate of drug-likeness (QED) is 0.833. The van der Waals surface area contributed by atoms with E-state index in [2.05, 4.69) is 15.6 Å². The molecule has 0 radical (unpaired) electrons. The molecule has 0 aliphatic heterocycles. The molecule has 2 N–H and O–H groups in total. The Bertz CT molecular complexity index is 597. The van der Waals surface area contributed by atoms with Crippen molar-refractivity contribution in [3.63, 3.8) is 0 Å². The van der Waals surface area contributed by atoms with E-state index >= 15 is 0 Å². The van der Waals surface area contributed by atoms with Crippen molar-refractivity contribution in [1.29, 1.82) is 0 Å². The Balaban J connectivity index is 1.86. The largest absolute Gasteiger partial charge is 0.472 e. The number of nitrogens with zero attached hydrogens (tertiary/aromatic N) is 1. The zero-order chi connectivity index (χ0) is 15.3. The van der Waals surface area contributed by atoms with Crippen LogP contribution in [0.5, 0.6) is 0 Å². The lowest BCUT2D eigenvalue weighted by Crippen LogP contribution is -2.29. The van der Waals surface area contributed by atoms with Crippen LogP contribution in [0.4, 0.5) is 19.0 Å². The monoisotopic (exact) mass is 299 g/mol. The number of amides is 1. The highest BCUT2D eigenvalue weighted by atomic mass is 19.4. The maximum Gasteiger partial charge on any atom is 0.419 e. The Kier molecular flexibility index (Phi) is 4.46. The number of carbonyl (C=O) groups excluding carboxylic acids is 1. The molecule has 0 fully saturated rings. The Morgan fingerprint density at radius 1 is 1.29 bits per heavy atom. The number of carbonyl (C=O) groups is 1. The van der Waals surface area contributed by atoms with E-state index in [9.17, 15) is 18.0 Å². The van der Waals surface area contributed by atoms with Gasteiger partial charge in [0.2, 0.25) is 0 Å². The molecular weight excluding hydrogens is 287 g/mol. The van der Waals surface area contributed by atoms with E-state index in [1.807, 2.05) is 0 Å². The first kappa shape index (κ1) is 14.9. The van der Waals surface area contributed by atoms with E-state index in [4.69, 9.17) is 4.42 Å². The van der Waals surface area contributed by atoms with E-state index in [0.717, 1.165) is 6.07 Å². The van der Waals surface area contributed by atoms with Gasteiger partial charge >= 0.3 is 6.18 Å². The molecule has 0 atom stereocenters. The van der Waals surface area contributed by atoms with Gasteiger partial charge in [0.25, 0.3) is 5.91 Å². The first-order valence-electron chi connectivity index (χ1n) is 6.05. The summed E-state index contributed by atoms with van der Waals surface area (Å²) in [5.74, 6) is -0.620. The number of anilines is 1. The van der Waals surface area contributed by atoms with Crippen LogP contribution < -0.4 is 10.6 Å². The fourth-order valence-corrected chi connectivity index (χ4v) is 1.63.